The Kier molecular flexibility index (Phi) is 10.6. The van der Waals surface area contributed by atoms with E-state index >= 15 is 0 Å². The minimum absolute atomic E-state index is 0.0739. The highest BCUT2D eigenvalue weighted by Gasteiger charge is 2.16. The minimum Gasteiger partial charge on any atom is -0.508 e. The van der Waals surface area contributed by atoms with Crippen LogP contribution in [0.25, 0.3) is 0 Å². The van der Waals surface area contributed by atoms with E-state index in [0.717, 1.165) is 18.2 Å². The molecule has 37 heavy (non-hydrogen) atoms. The summed E-state index contributed by atoms with van der Waals surface area (Å²) < 4.78 is 5.80. The summed E-state index contributed by atoms with van der Waals surface area (Å²) in [6.45, 7) is 4.56. The Hall–Kier alpha value is -3.80. The van der Waals surface area contributed by atoms with Crippen LogP contribution in [0.4, 0.5) is 5.69 Å². The fourth-order valence-electron chi connectivity index (χ4n) is 4.06. The highest BCUT2D eigenvalue weighted by Crippen LogP contribution is 2.29. The lowest BCUT2D eigenvalue weighted by Crippen LogP contribution is -2.12. The van der Waals surface area contributed by atoms with Crippen LogP contribution in [0, 0.1) is 6.92 Å². The molecule has 0 heterocycles. The number of nitrogens with one attached hydrogen (secondary N) is 1. The van der Waals surface area contributed by atoms with Crippen LogP contribution in [-0.2, 0) is 0 Å². The van der Waals surface area contributed by atoms with Crippen molar-refractivity contribution in [3.05, 3.63) is 82.9 Å². The average molecular weight is 504 g/mol. The van der Waals surface area contributed by atoms with Gasteiger partial charge in [0.15, 0.2) is 5.78 Å². The van der Waals surface area contributed by atoms with E-state index in [2.05, 4.69) is 12.2 Å². The van der Waals surface area contributed by atoms with Crippen LogP contribution in [0.5, 0.6) is 17.2 Å². The maximum Gasteiger partial charge on any atom is 0.255 e. The van der Waals surface area contributed by atoms with Crippen LogP contribution in [0.3, 0.4) is 0 Å². The molecule has 3 aromatic carbocycles. The number of rotatable bonds is 14. The van der Waals surface area contributed by atoms with Gasteiger partial charge in [0, 0.05) is 22.9 Å². The molecule has 0 fully saturated rings. The van der Waals surface area contributed by atoms with Gasteiger partial charge in [0.1, 0.15) is 17.2 Å². The van der Waals surface area contributed by atoms with E-state index in [1.54, 1.807) is 55.5 Å². The van der Waals surface area contributed by atoms with Crippen molar-refractivity contribution in [2.45, 2.75) is 65.2 Å². The number of unbranched alkanes of at least 4 members (excludes halogenated alkanes) is 7. The van der Waals surface area contributed by atoms with Crippen LogP contribution in [0.15, 0.2) is 60.7 Å². The highest BCUT2D eigenvalue weighted by atomic mass is 16.5. The summed E-state index contributed by atoms with van der Waals surface area (Å²) in [5.41, 5.74) is 2.01. The Balaban J connectivity index is 1.45. The number of ketones is 1. The van der Waals surface area contributed by atoms with E-state index in [0.29, 0.717) is 29.0 Å². The monoisotopic (exact) mass is 503 g/mol. The molecular weight excluding hydrogens is 466 g/mol. The minimum atomic E-state index is -0.374. The topological polar surface area (TPSA) is 95.9 Å². The van der Waals surface area contributed by atoms with Crippen molar-refractivity contribution < 1.29 is 24.5 Å². The Labute approximate surface area is 219 Å². The third kappa shape index (κ3) is 8.38. The van der Waals surface area contributed by atoms with Crippen molar-refractivity contribution in [1.82, 2.24) is 0 Å². The van der Waals surface area contributed by atoms with Gasteiger partial charge in [-0.05, 0) is 73.5 Å². The maximum absolute atomic E-state index is 12.8. The normalized spacial score (nSPS) is 10.8. The van der Waals surface area contributed by atoms with Crippen molar-refractivity contribution in [3.63, 3.8) is 0 Å². The maximum atomic E-state index is 12.8. The zero-order chi connectivity index (χ0) is 26.6. The summed E-state index contributed by atoms with van der Waals surface area (Å²) in [6, 6.07) is 16.1. The first-order chi connectivity index (χ1) is 17.9. The van der Waals surface area contributed by atoms with E-state index in [4.69, 9.17) is 4.74 Å². The lowest BCUT2D eigenvalue weighted by Gasteiger charge is -2.09. The quantitative estimate of drug-likeness (QED) is 0.157. The van der Waals surface area contributed by atoms with Gasteiger partial charge in [-0.25, -0.2) is 0 Å². The summed E-state index contributed by atoms with van der Waals surface area (Å²) in [5.74, 6) is -0.248. The van der Waals surface area contributed by atoms with Crippen molar-refractivity contribution in [1.29, 1.82) is 0 Å². The number of hydrogen-bond acceptors (Lipinski definition) is 5. The Bertz CT molecular complexity index is 1170. The molecule has 0 unspecified atom stereocenters. The Morgan fingerprint density at radius 1 is 0.757 bits per heavy atom. The first-order valence-corrected chi connectivity index (χ1v) is 13.1. The molecular formula is C31H37NO5. The summed E-state index contributed by atoms with van der Waals surface area (Å²) in [6.07, 6.45) is 10.0. The molecule has 3 aromatic rings. The molecule has 0 bridgehead atoms. The molecule has 0 aliphatic heterocycles. The van der Waals surface area contributed by atoms with Crippen LogP contribution in [0.1, 0.15) is 90.1 Å². The Morgan fingerprint density at radius 3 is 2.00 bits per heavy atom. The van der Waals surface area contributed by atoms with Crippen LogP contribution in [-0.4, -0.2) is 28.5 Å². The number of ether oxygens (including phenoxy) is 1. The third-order valence-electron chi connectivity index (χ3n) is 6.35. The molecule has 0 aromatic heterocycles. The van der Waals surface area contributed by atoms with Crippen LogP contribution in [0.2, 0.25) is 0 Å². The predicted octanol–water partition coefficient (Wildman–Crippen LogP) is 7.41. The molecule has 0 spiro atoms. The summed E-state index contributed by atoms with van der Waals surface area (Å²) in [4.78, 5) is 25.4. The third-order valence-corrected chi connectivity index (χ3v) is 6.35. The smallest absolute Gasteiger partial charge is 0.255 e. The van der Waals surface area contributed by atoms with Gasteiger partial charge in [-0.3, -0.25) is 9.59 Å². The van der Waals surface area contributed by atoms with E-state index in [1.165, 1.54) is 51.0 Å². The lowest BCUT2D eigenvalue weighted by molar-refractivity contribution is 0.102. The average Bonchev–Trinajstić information content (AvgIpc) is 2.90. The van der Waals surface area contributed by atoms with E-state index in [1.807, 2.05) is 0 Å². The number of carbonyl (C=O) groups is 2. The fourth-order valence-corrected chi connectivity index (χ4v) is 4.06. The van der Waals surface area contributed by atoms with Crippen molar-refractivity contribution >= 4 is 17.4 Å². The first-order valence-electron chi connectivity index (χ1n) is 13.1. The summed E-state index contributed by atoms with van der Waals surface area (Å²) >= 11 is 0. The van der Waals surface area contributed by atoms with Gasteiger partial charge >= 0.3 is 0 Å². The number of amides is 1. The molecule has 6 nitrogen and oxygen atoms in total. The number of aryl methyl sites for hydroxylation is 1. The number of hydrogen-bond donors (Lipinski definition) is 3. The Morgan fingerprint density at radius 2 is 1.35 bits per heavy atom. The van der Waals surface area contributed by atoms with E-state index in [9.17, 15) is 19.8 Å². The molecule has 1 amide bonds. The molecule has 3 rings (SSSR count). The van der Waals surface area contributed by atoms with Crippen molar-refractivity contribution in [3.8, 4) is 17.2 Å². The first kappa shape index (κ1) is 27.8. The molecule has 196 valence electrons. The van der Waals surface area contributed by atoms with Crippen molar-refractivity contribution in [2.75, 3.05) is 11.9 Å². The van der Waals surface area contributed by atoms with E-state index in [-0.39, 0.29) is 28.8 Å². The number of phenolic OH excluding ortho intramolecular Hbond substituents is 2. The van der Waals surface area contributed by atoms with Gasteiger partial charge in [-0.1, -0.05) is 51.9 Å². The van der Waals surface area contributed by atoms with Gasteiger partial charge in [-0.15, -0.1) is 0 Å². The number of anilines is 1. The van der Waals surface area contributed by atoms with Gasteiger partial charge in [0.2, 0.25) is 0 Å². The molecule has 0 saturated carbocycles. The number of aromatic hydroxyl groups is 2. The number of benzene rings is 3. The zero-order valence-electron chi connectivity index (χ0n) is 21.8. The standard InChI is InChI=1S/C31H37NO5/c1-3-4-5-6-7-8-9-10-19-37-26-17-13-24(14-18-26)31(36)32-25-15-11-23(12-16-25)30(35)27-20-22(2)28(33)21-29(27)34/h11-18,20-21,33-34H,3-10,19H2,1-2H3,(H,32,36). The summed E-state index contributed by atoms with van der Waals surface area (Å²) in [7, 11) is 0. The lowest BCUT2D eigenvalue weighted by atomic mass is 10.00. The number of carbonyl (C=O) groups excluding carboxylic acids is 2. The van der Waals surface area contributed by atoms with E-state index < -0.39 is 0 Å². The van der Waals surface area contributed by atoms with Crippen molar-refractivity contribution in [2.24, 2.45) is 0 Å². The predicted molar refractivity (Wildman–Crippen MR) is 147 cm³/mol. The van der Waals surface area contributed by atoms with Gasteiger partial charge in [0.25, 0.3) is 5.91 Å². The number of phenols is 2. The molecule has 0 radical (unpaired) electrons. The van der Waals surface area contributed by atoms with Gasteiger partial charge < -0.3 is 20.3 Å². The SMILES string of the molecule is CCCCCCCCCCOc1ccc(C(=O)Nc2ccc(C(=O)c3cc(C)c(O)cc3O)cc2)cc1. The zero-order valence-corrected chi connectivity index (χ0v) is 21.8. The molecule has 0 aliphatic rings. The molecule has 6 heteroatoms. The fraction of sp³-hybridized carbons (Fsp3) is 0.355. The molecule has 3 N–H and O–H groups in total. The largest absolute Gasteiger partial charge is 0.508 e. The van der Waals surface area contributed by atoms with Crippen LogP contribution >= 0.6 is 0 Å². The second-order valence-electron chi connectivity index (χ2n) is 9.36. The summed E-state index contributed by atoms with van der Waals surface area (Å²) in [5, 5.41) is 22.5. The second-order valence-corrected chi connectivity index (χ2v) is 9.36. The molecule has 0 aliphatic carbocycles. The van der Waals surface area contributed by atoms with Gasteiger partial charge in [-0.2, -0.15) is 0 Å². The highest BCUT2D eigenvalue weighted by molar-refractivity contribution is 6.11. The molecule has 0 atom stereocenters. The van der Waals surface area contributed by atoms with Gasteiger partial charge in [0.05, 0.1) is 12.2 Å². The van der Waals surface area contributed by atoms with Crippen LogP contribution < -0.4 is 10.1 Å². The molecule has 0 saturated heterocycles. The second kappa shape index (κ2) is 14.1.